The molecule has 7 nitrogen and oxygen atoms in total. The van der Waals surface area contributed by atoms with E-state index in [1.165, 1.54) is 24.3 Å². The van der Waals surface area contributed by atoms with Crippen LogP contribution in [0.4, 0.5) is 4.39 Å². The Morgan fingerprint density at radius 2 is 1.90 bits per heavy atom. The molecule has 1 unspecified atom stereocenters. The van der Waals surface area contributed by atoms with Gasteiger partial charge in [-0.3, -0.25) is 4.79 Å². The standard InChI is InChI=1S/C21H23FN4O3/c1-12(2)11-18(20-23-13(3)29-26-20)25-21(28)17-6-4-5-16(24-17)19(27)14-7-9-15(22)10-8-14/h4-10,12,18-19,27H,11H2,1-3H3,(H,25,28)/t18-,19?/m0/s1. The van der Waals surface area contributed by atoms with E-state index in [1.54, 1.807) is 25.1 Å². The van der Waals surface area contributed by atoms with Gasteiger partial charge in [-0.2, -0.15) is 4.98 Å². The van der Waals surface area contributed by atoms with Gasteiger partial charge in [-0.25, -0.2) is 9.37 Å². The maximum Gasteiger partial charge on any atom is 0.270 e. The summed E-state index contributed by atoms with van der Waals surface area (Å²) >= 11 is 0. The summed E-state index contributed by atoms with van der Waals surface area (Å²) in [5.41, 5.74) is 0.925. The summed E-state index contributed by atoms with van der Waals surface area (Å²) in [6.07, 6.45) is -0.447. The monoisotopic (exact) mass is 398 g/mol. The number of nitrogens with one attached hydrogen (secondary N) is 1. The number of nitrogens with zero attached hydrogens (tertiary/aromatic N) is 3. The summed E-state index contributed by atoms with van der Waals surface area (Å²) in [5, 5.41) is 17.3. The summed E-state index contributed by atoms with van der Waals surface area (Å²) in [6, 6.07) is 9.87. The van der Waals surface area contributed by atoms with Crippen molar-refractivity contribution in [2.24, 2.45) is 5.92 Å². The molecule has 0 aliphatic heterocycles. The Hall–Kier alpha value is -3.13. The van der Waals surface area contributed by atoms with E-state index in [9.17, 15) is 14.3 Å². The van der Waals surface area contributed by atoms with E-state index >= 15 is 0 Å². The van der Waals surface area contributed by atoms with E-state index < -0.39 is 23.9 Å². The van der Waals surface area contributed by atoms with Crippen LogP contribution in [0.2, 0.25) is 0 Å². The van der Waals surface area contributed by atoms with Gasteiger partial charge in [0.25, 0.3) is 5.91 Å². The van der Waals surface area contributed by atoms with Crippen molar-refractivity contribution in [2.75, 3.05) is 0 Å². The lowest BCUT2D eigenvalue weighted by Gasteiger charge is -2.18. The minimum absolute atomic E-state index is 0.151. The molecule has 1 amide bonds. The van der Waals surface area contributed by atoms with Crippen LogP contribution < -0.4 is 5.32 Å². The van der Waals surface area contributed by atoms with Gasteiger partial charge in [0.1, 0.15) is 17.6 Å². The Bertz CT molecular complexity index is 972. The largest absolute Gasteiger partial charge is 0.382 e. The lowest BCUT2D eigenvalue weighted by atomic mass is 10.0. The van der Waals surface area contributed by atoms with E-state index in [-0.39, 0.29) is 5.69 Å². The number of benzene rings is 1. The predicted octanol–water partition coefficient (Wildman–Crippen LogP) is 3.51. The highest BCUT2D eigenvalue weighted by Gasteiger charge is 2.23. The summed E-state index contributed by atoms with van der Waals surface area (Å²) in [7, 11) is 0. The lowest BCUT2D eigenvalue weighted by Crippen LogP contribution is -2.31. The van der Waals surface area contributed by atoms with Crippen molar-refractivity contribution in [3.05, 3.63) is 76.9 Å². The molecule has 0 radical (unpaired) electrons. The van der Waals surface area contributed by atoms with Crippen LogP contribution >= 0.6 is 0 Å². The predicted molar refractivity (Wildman–Crippen MR) is 103 cm³/mol. The Balaban J connectivity index is 1.79. The SMILES string of the molecule is Cc1nc([C@H](CC(C)C)NC(=O)c2cccc(C(O)c3ccc(F)cc3)n2)no1. The molecule has 1 aromatic carbocycles. The summed E-state index contributed by atoms with van der Waals surface area (Å²) in [5.74, 6) is 0.317. The van der Waals surface area contributed by atoms with Crippen LogP contribution in [0.3, 0.4) is 0 Å². The third-order valence-corrected chi connectivity index (χ3v) is 4.34. The second kappa shape index (κ2) is 8.91. The molecule has 0 bridgehead atoms. The van der Waals surface area contributed by atoms with Gasteiger partial charge >= 0.3 is 0 Å². The molecule has 2 aromatic heterocycles. The third-order valence-electron chi connectivity index (χ3n) is 4.34. The zero-order valence-corrected chi connectivity index (χ0v) is 16.5. The summed E-state index contributed by atoms with van der Waals surface area (Å²) in [6.45, 7) is 5.75. The topological polar surface area (TPSA) is 101 Å². The van der Waals surface area contributed by atoms with Gasteiger partial charge in [-0.05, 0) is 42.2 Å². The van der Waals surface area contributed by atoms with Gasteiger partial charge in [0.2, 0.25) is 5.89 Å². The molecule has 0 aliphatic carbocycles. The summed E-state index contributed by atoms with van der Waals surface area (Å²) < 4.78 is 18.1. The fourth-order valence-electron chi connectivity index (χ4n) is 2.94. The first kappa shape index (κ1) is 20.6. The van der Waals surface area contributed by atoms with Crippen LogP contribution in [0.1, 0.15) is 65.9 Å². The Morgan fingerprint density at radius 3 is 2.52 bits per heavy atom. The molecule has 0 aliphatic rings. The smallest absolute Gasteiger partial charge is 0.270 e. The van der Waals surface area contributed by atoms with Crippen LogP contribution in [0, 0.1) is 18.7 Å². The van der Waals surface area contributed by atoms with E-state index in [1.807, 2.05) is 13.8 Å². The van der Waals surface area contributed by atoms with Crippen molar-refractivity contribution in [2.45, 2.75) is 39.3 Å². The number of halogens is 1. The van der Waals surface area contributed by atoms with Crippen LogP contribution in [-0.4, -0.2) is 26.1 Å². The van der Waals surface area contributed by atoms with Crippen molar-refractivity contribution in [1.82, 2.24) is 20.4 Å². The highest BCUT2D eigenvalue weighted by molar-refractivity contribution is 5.92. The number of aromatic nitrogens is 3. The molecule has 3 aromatic rings. The second-order valence-corrected chi connectivity index (χ2v) is 7.23. The number of aliphatic hydroxyl groups excluding tert-OH is 1. The van der Waals surface area contributed by atoms with E-state index in [2.05, 4.69) is 20.4 Å². The first-order valence-corrected chi connectivity index (χ1v) is 9.35. The minimum Gasteiger partial charge on any atom is -0.382 e. The number of rotatable bonds is 7. The highest BCUT2D eigenvalue weighted by Crippen LogP contribution is 2.22. The number of aliphatic hydroxyl groups is 1. The number of hydrogen-bond acceptors (Lipinski definition) is 6. The molecular weight excluding hydrogens is 375 g/mol. The minimum atomic E-state index is -1.07. The second-order valence-electron chi connectivity index (χ2n) is 7.23. The van der Waals surface area contributed by atoms with Gasteiger partial charge in [0, 0.05) is 6.92 Å². The van der Waals surface area contributed by atoms with Crippen molar-refractivity contribution < 1.29 is 18.8 Å². The van der Waals surface area contributed by atoms with Crippen LogP contribution in [0.15, 0.2) is 47.0 Å². The molecule has 0 fully saturated rings. The van der Waals surface area contributed by atoms with E-state index in [4.69, 9.17) is 4.52 Å². The average Bonchev–Trinajstić information content (AvgIpc) is 3.13. The average molecular weight is 398 g/mol. The molecule has 2 heterocycles. The number of pyridine rings is 1. The lowest BCUT2D eigenvalue weighted by molar-refractivity contribution is 0.0923. The van der Waals surface area contributed by atoms with E-state index in [0.717, 1.165) is 0 Å². The Kier molecular flexibility index (Phi) is 6.33. The zero-order valence-electron chi connectivity index (χ0n) is 16.5. The van der Waals surface area contributed by atoms with Crippen molar-refractivity contribution in [3.63, 3.8) is 0 Å². The van der Waals surface area contributed by atoms with Gasteiger partial charge in [-0.15, -0.1) is 0 Å². The Labute approximate surface area is 168 Å². The molecule has 2 N–H and O–H groups in total. The first-order chi connectivity index (χ1) is 13.8. The zero-order chi connectivity index (χ0) is 21.0. The molecule has 8 heteroatoms. The summed E-state index contributed by atoms with van der Waals surface area (Å²) in [4.78, 5) is 21.3. The molecule has 2 atom stereocenters. The van der Waals surface area contributed by atoms with Gasteiger partial charge < -0.3 is 14.9 Å². The number of carbonyl (C=O) groups is 1. The number of aryl methyl sites for hydroxylation is 1. The van der Waals surface area contributed by atoms with Gasteiger partial charge in [0.05, 0.1) is 11.7 Å². The molecule has 0 saturated heterocycles. The first-order valence-electron chi connectivity index (χ1n) is 9.35. The molecule has 152 valence electrons. The Morgan fingerprint density at radius 1 is 1.17 bits per heavy atom. The molecule has 0 saturated carbocycles. The van der Waals surface area contributed by atoms with Crippen molar-refractivity contribution in [3.8, 4) is 0 Å². The van der Waals surface area contributed by atoms with E-state index in [0.29, 0.717) is 35.3 Å². The number of hydrogen-bond donors (Lipinski definition) is 2. The molecule has 0 spiro atoms. The normalized spacial score (nSPS) is 13.3. The van der Waals surface area contributed by atoms with Gasteiger partial charge in [-0.1, -0.05) is 37.2 Å². The fourth-order valence-corrected chi connectivity index (χ4v) is 2.94. The van der Waals surface area contributed by atoms with Crippen LogP contribution in [-0.2, 0) is 0 Å². The molecule has 29 heavy (non-hydrogen) atoms. The fraction of sp³-hybridized carbons (Fsp3) is 0.333. The number of carbonyl (C=O) groups excluding carboxylic acids is 1. The van der Waals surface area contributed by atoms with Gasteiger partial charge in [0.15, 0.2) is 5.82 Å². The quantitative estimate of drug-likeness (QED) is 0.632. The maximum atomic E-state index is 13.1. The maximum absolute atomic E-state index is 13.1. The highest BCUT2D eigenvalue weighted by atomic mass is 19.1. The third kappa shape index (κ3) is 5.23. The number of amides is 1. The molecule has 3 rings (SSSR count). The van der Waals surface area contributed by atoms with Crippen molar-refractivity contribution >= 4 is 5.91 Å². The van der Waals surface area contributed by atoms with Crippen LogP contribution in [0.5, 0.6) is 0 Å². The van der Waals surface area contributed by atoms with Crippen molar-refractivity contribution in [1.29, 1.82) is 0 Å². The molecular formula is C21H23FN4O3. The van der Waals surface area contributed by atoms with Crippen LogP contribution in [0.25, 0.3) is 0 Å².